The highest BCUT2D eigenvalue weighted by Gasteiger charge is 2.28. The van der Waals surface area contributed by atoms with Gasteiger partial charge in [-0.2, -0.15) is 0 Å². The van der Waals surface area contributed by atoms with E-state index in [-0.39, 0.29) is 23.3 Å². The lowest BCUT2D eigenvalue weighted by Crippen LogP contribution is -2.40. The monoisotopic (exact) mass is 280 g/mol. The van der Waals surface area contributed by atoms with Crippen LogP contribution in [0.25, 0.3) is 0 Å². The Morgan fingerprint density at radius 1 is 1.50 bits per heavy atom. The normalized spacial score (nSPS) is 21.8. The Hall–Kier alpha value is -1.62. The minimum absolute atomic E-state index is 0.0230. The Kier molecular flexibility index (Phi) is 4.95. The maximum atomic E-state index is 13.7. The molecule has 1 aliphatic rings. The Morgan fingerprint density at radius 2 is 2.30 bits per heavy atom. The molecule has 1 amide bonds. The molecule has 0 radical (unpaired) electrons. The van der Waals surface area contributed by atoms with Gasteiger partial charge in [0, 0.05) is 6.04 Å². The van der Waals surface area contributed by atoms with E-state index >= 15 is 0 Å². The zero-order valence-electron chi connectivity index (χ0n) is 11.7. The number of benzene rings is 1. The molecule has 110 valence electrons. The van der Waals surface area contributed by atoms with E-state index in [1.54, 1.807) is 13.0 Å². The minimum atomic E-state index is -0.513. The molecule has 1 saturated carbocycles. The first-order valence-electron chi connectivity index (χ1n) is 7.09. The standard InChI is InChI=1S/C15H21FN2O2/c1-2-20-14-11(6-4-7-12(14)16)15(19)18-13-8-3-5-10(13)9-17/h4,6-7,10,13H,2-3,5,8-9,17H2,1H3,(H,18,19). The van der Waals surface area contributed by atoms with Crippen LogP contribution in [0, 0.1) is 11.7 Å². The summed E-state index contributed by atoms with van der Waals surface area (Å²) in [5.74, 6) is -0.475. The SMILES string of the molecule is CCOc1c(F)cccc1C(=O)NC1CCCC1CN. The third kappa shape index (κ3) is 3.10. The van der Waals surface area contributed by atoms with Crippen molar-refractivity contribution in [2.75, 3.05) is 13.2 Å². The first-order chi connectivity index (χ1) is 9.67. The maximum absolute atomic E-state index is 13.7. The van der Waals surface area contributed by atoms with Crippen molar-refractivity contribution in [2.24, 2.45) is 11.7 Å². The van der Waals surface area contributed by atoms with Crippen molar-refractivity contribution in [3.8, 4) is 5.75 Å². The van der Waals surface area contributed by atoms with Crippen molar-refractivity contribution in [1.82, 2.24) is 5.32 Å². The molecule has 2 atom stereocenters. The molecule has 1 fully saturated rings. The Labute approximate surface area is 118 Å². The van der Waals surface area contributed by atoms with Gasteiger partial charge in [0.15, 0.2) is 11.6 Å². The average Bonchev–Trinajstić information content (AvgIpc) is 2.88. The van der Waals surface area contributed by atoms with Gasteiger partial charge in [-0.1, -0.05) is 12.5 Å². The highest BCUT2D eigenvalue weighted by atomic mass is 19.1. The van der Waals surface area contributed by atoms with Crippen LogP contribution in [-0.2, 0) is 0 Å². The quantitative estimate of drug-likeness (QED) is 0.868. The van der Waals surface area contributed by atoms with Crippen LogP contribution in [-0.4, -0.2) is 25.1 Å². The largest absolute Gasteiger partial charge is 0.490 e. The number of hydrogen-bond acceptors (Lipinski definition) is 3. The summed E-state index contributed by atoms with van der Waals surface area (Å²) in [6, 6.07) is 4.46. The highest BCUT2D eigenvalue weighted by molar-refractivity contribution is 5.97. The molecule has 3 N–H and O–H groups in total. The predicted molar refractivity (Wildman–Crippen MR) is 75.2 cm³/mol. The second kappa shape index (κ2) is 6.70. The number of amides is 1. The summed E-state index contributed by atoms with van der Waals surface area (Å²) in [7, 11) is 0. The fraction of sp³-hybridized carbons (Fsp3) is 0.533. The summed E-state index contributed by atoms with van der Waals surface area (Å²) >= 11 is 0. The molecule has 0 heterocycles. The smallest absolute Gasteiger partial charge is 0.255 e. The molecule has 2 unspecified atom stereocenters. The number of carbonyl (C=O) groups is 1. The van der Waals surface area contributed by atoms with E-state index in [1.165, 1.54) is 12.1 Å². The first-order valence-corrected chi connectivity index (χ1v) is 7.09. The molecule has 20 heavy (non-hydrogen) atoms. The van der Waals surface area contributed by atoms with Crippen LogP contribution in [0.15, 0.2) is 18.2 Å². The topological polar surface area (TPSA) is 64.3 Å². The number of hydrogen-bond donors (Lipinski definition) is 2. The van der Waals surface area contributed by atoms with Crippen molar-refractivity contribution in [3.63, 3.8) is 0 Å². The third-order valence-corrected chi connectivity index (χ3v) is 3.78. The van der Waals surface area contributed by atoms with Crippen molar-refractivity contribution in [3.05, 3.63) is 29.6 Å². The summed E-state index contributed by atoms with van der Waals surface area (Å²) in [6.07, 6.45) is 3.02. The number of nitrogens with two attached hydrogens (primary N) is 1. The number of nitrogens with one attached hydrogen (secondary N) is 1. The second-order valence-corrected chi connectivity index (χ2v) is 5.06. The molecule has 4 nitrogen and oxygen atoms in total. The molecule has 1 aromatic carbocycles. The van der Waals surface area contributed by atoms with Crippen LogP contribution in [0.3, 0.4) is 0 Å². The van der Waals surface area contributed by atoms with Gasteiger partial charge in [0.1, 0.15) is 0 Å². The van der Waals surface area contributed by atoms with Crippen molar-refractivity contribution in [1.29, 1.82) is 0 Å². The summed E-state index contributed by atoms with van der Waals surface area (Å²) in [4.78, 5) is 12.3. The Morgan fingerprint density at radius 3 is 3.00 bits per heavy atom. The summed E-state index contributed by atoms with van der Waals surface area (Å²) < 4.78 is 19.0. The van der Waals surface area contributed by atoms with Gasteiger partial charge in [-0.05, 0) is 44.4 Å². The lowest BCUT2D eigenvalue weighted by Gasteiger charge is -2.20. The average molecular weight is 280 g/mol. The van der Waals surface area contributed by atoms with E-state index in [0.29, 0.717) is 19.1 Å². The number of carbonyl (C=O) groups excluding carboxylic acids is 1. The Bertz CT molecular complexity index is 479. The van der Waals surface area contributed by atoms with Gasteiger partial charge >= 0.3 is 0 Å². The van der Waals surface area contributed by atoms with Gasteiger partial charge in [0.2, 0.25) is 0 Å². The number of ether oxygens (including phenoxy) is 1. The van der Waals surface area contributed by atoms with Gasteiger partial charge in [-0.25, -0.2) is 4.39 Å². The molecule has 0 aliphatic heterocycles. The van der Waals surface area contributed by atoms with Gasteiger partial charge in [-0.15, -0.1) is 0 Å². The zero-order chi connectivity index (χ0) is 14.5. The fourth-order valence-electron chi connectivity index (χ4n) is 2.73. The number of para-hydroxylation sites is 1. The number of rotatable bonds is 5. The van der Waals surface area contributed by atoms with Gasteiger partial charge < -0.3 is 15.8 Å². The minimum Gasteiger partial charge on any atom is -0.490 e. The third-order valence-electron chi connectivity index (χ3n) is 3.78. The number of halogens is 1. The second-order valence-electron chi connectivity index (χ2n) is 5.06. The van der Waals surface area contributed by atoms with Crippen LogP contribution in [0.4, 0.5) is 4.39 Å². The first kappa shape index (κ1) is 14.8. The van der Waals surface area contributed by atoms with Crippen LogP contribution >= 0.6 is 0 Å². The summed E-state index contributed by atoms with van der Waals surface area (Å²) in [6.45, 7) is 2.64. The Balaban J connectivity index is 2.15. The molecule has 0 bridgehead atoms. The molecule has 0 aromatic heterocycles. The molecule has 2 rings (SSSR count). The van der Waals surface area contributed by atoms with E-state index < -0.39 is 5.82 Å². The van der Waals surface area contributed by atoms with E-state index in [1.807, 2.05) is 0 Å². The predicted octanol–water partition coefficient (Wildman–Crippen LogP) is 2.08. The zero-order valence-corrected chi connectivity index (χ0v) is 11.7. The van der Waals surface area contributed by atoms with Gasteiger partial charge in [0.05, 0.1) is 12.2 Å². The van der Waals surface area contributed by atoms with Crippen LogP contribution in [0.5, 0.6) is 5.75 Å². The van der Waals surface area contributed by atoms with E-state index in [2.05, 4.69) is 5.32 Å². The molecular formula is C15H21FN2O2. The van der Waals surface area contributed by atoms with Gasteiger partial charge in [0.25, 0.3) is 5.91 Å². The fourth-order valence-corrected chi connectivity index (χ4v) is 2.73. The summed E-state index contributed by atoms with van der Waals surface area (Å²) in [5, 5.41) is 2.96. The molecular weight excluding hydrogens is 259 g/mol. The molecule has 5 heteroatoms. The maximum Gasteiger partial charge on any atom is 0.255 e. The van der Waals surface area contributed by atoms with E-state index in [9.17, 15) is 9.18 Å². The van der Waals surface area contributed by atoms with Crippen molar-refractivity contribution >= 4 is 5.91 Å². The highest BCUT2D eigenvalue weighted by Crippen LogP contribution is 2.27. The van der Waals surface area contributed by atoms with Crippen LogP contribution in [0.2, 0.25) is 0 Å². The van der Waals surface area contributed by atoms with Crippen LogP contribution < -0.4 is 15.8 Å². The molecule has 0 saturated heterocycles. The van der Waals surface area contributed by atoms with Crippen molar-refractivity contribution in [2.45, 2.75) is 32.2 Å². The molecule has 1 aliphatic carbocycles. The van der Waals surface area contributed by atoms with E-state index in [0.717, 1.165) is 19.3 Å². The lowest BCUT2D eigenvalue weighted by atomic mass is 10.0. The lowest BCUT2D eigenvalue weighted by molar-refractivity contribution is 0.0924. The van der Waals surface area contributed by atoms with Crippen molar-refractivity contribution < 1.29 is 13.9 Å². The summed E-state index contributed by atoms with van der Waals surface area (Å²) in [5.41, 5.74) is 5.95. The van der Waals surface area contributed by atoms with Gasteiger partial charge in [-0.3, -0.25) is 4.79 Å². The van der Waals surface area contributed by atoms with E-state index in [4.69, 9.17) is 10.5 Å². The molecule has 1 aromatic rings. The van der Waals surface area contributed by atoms with Crippen LogP contribution in [0.1, 0.15) is 36.5 Å². The molecule has 0 spiro atoms.